The van der Waals surface area contributed by atoms with Crippen molar-refractivity contribution < 1.29 is 9.53 Å². The third-order valence-corrected chi connectivity index (χ3v) is 4.21. The second-order valence-electron chi connectivity index (χ2n) is 7.75. The number of nitrogens with zero attached hydrogens (tertiary/aromatic N) is 5. The number of hydrogen-bond acceptors (Lipinski definition) is 7. The number of amides is 1. The van der Waals surface area contributed by atoms with Crippen molar-refractivity contribution in [2.24, 2.45) is 5.92 Å². The van der Waals surface area contributed by atoms with Gasteiger partial charge in [0.1, 0.15) is 23.6 Å². The van der Waals surface area contributed by atoms with Crippen LogP contribution in [0.5, 0.6) is 0 Å². The van der Waals surface area contributed by atoms with E-state index in [1.165, 1.54) is 0 Å². The molecule has 1 atom stereocenters. The first-order chi connectivity index (χ1) is 12.9. The Bertz CT molecular complexity index is 762. The molecule has 0 saturated carbocycles. The predicted molar refractivity (Wildman–Crippen MR) is 102 cm³/mol. The molecule has 0 aromatic carbocycles. The fourth-order valence-corrected chi connectivity index (χ4v) is 3.09. The fraction of sp³-hybridized carbons (Fsp3) is 0.526. The number of carbonyl (C=O) groups excluding carboxylic acids is 1. The van der Waals surface area contributed by atoms with Gasteiger partial charge in [0, 0.05) is 37.2 Å². The van der Waals surface area contributed by atoms with E-state index in [0.29, 0.717) is 24.1 Å². The molecule has 1 N–H and O–H groups in total. The number of ether oxygens (including phenoxy) is 1. The topological polar surface area (TPSA) is 93.1 Å². The summed E-state index contributed by atoms with van der Waals surface area (Å²) in [5.41, 5.74) is 0.463. The summed E-state index contributed by atoms with van der Waals surface area (Å²) < 4.78 is 5.50. The number of likely N-dealkylation sites (tertiary alicyclic amines) is 1. The molecule has 8 nitrogen and oxygen atoms in total. The molecule has 3 heterocycles. The van der Waals surface area contributed by atoms with Crippen LogP contribution < -0.4 is 5.32 Å². The van der Waals surface area contributed by atoms with Crippen LogP contribution in [-0.4, -0.2) is 49.6 Å². The van der Waals surface area contributed by atoms with E-state index in [0.717, 1.165) is 31.5 Å². The van der Waals surface area contributed by atoms with Gasteiger partial charge in [0.2, 0.25) is 0 Å². The molecule has 1 unspecified atom stereocenters. The van der Waals surface area contributed by atoms with Gasteiger partial charge < -0.3 is 15.0 Å². The van der Waals surface area contributed by atoms with Crippen LogP contribution in [0.2, 0.25) is 0 Å². The number of anilines is 2. The fourth-order valence-electron chi connectivity index (χ4n) is 3.09. The Kier molecular flexibility index (Phi) is 5.83. The lowest BCUT2D eigenvalue weighted by molar-refractivity contribution is 0.0165. The molecule has 27 heavy (non-hydrogen) atoms. The molecular weight excluding hydrogens is 344 g/mol. The second kappa shape index (κ2) is 8.28. The van der Waals surface area contributed by atoms with Gasteiger partial charge in [-0.1, -0.05) is 0 Å². The summed E-state index contributed by atoms with van der Waals surface area (Å²) in [5, 5.41) is 3.13. The summed E-state index contributed by atoms with van der Waals surface area (Å²) in [7, 11) is 0. The van der Waals surface area contributed by atoms with E-state index < -0.39 is 5.60 Å². The Balaban J connectivity index is 1.60. The lowest BCUT2D eigenvalue weighted by Crippen LogP contribution is -2.43. The molecule has 1 amide bonds. The first-order valence-corrected chi connectivity index (χ1v) is 9.21. The highest BCUT2D eigenvalue weighted by Gasteiger charge is 2.27. The molecule has 0 spiro atoms. The monoisotopic (exact) mass is 370 g/mol. The van der Waals surface area contributed by atoms with Crippen LogP contribution in [0.1, 0.15) is 39.3 Å². The minimum atomic E-state index is -0.475. The zero-order valence-electron chi connectivity index (χ0n) is 16.1. The zero-order chi connectivity index (χ0) is 19.3. The van der Waals surface area contributed by atoms with Crippen molar-refractivity contribution in [1.82, 2.24) is 24.8 Å². The standard InChI is InChI=1S/C19H26N6O2/c1-19(2,3)27-18(26)25-8-4-5-14(12-25)9-15-10-16(23-13-22-15)24-17-11-20-6-7-21-17/h6-7,10-11,13-14H,4-5,8-9,12H2,1-3H3,(H,21,22,23,24). The van der Waals surface area contributed by atoms with Crippen molar-refractivity contribution in [3.8, 4) is 0 Å². The summed E-state index contributed by atoms with van der Waals surface area (Å²) in [5.74, 6) is 1.67. The van der Waals surface area contributed by atoms with Gasteiger partial charge in [-0.2, -0.15) is 0 Å². The largest absolute Gasteiger partial charge is 0.444 e. The van der Waals surface area contributed by atoms with Crippen LogP contribution in [0.4, 0.5) is 16.4 Å². The number of carbonyl (C=O) groups is 1. The molecule has 1 aliphatic heterocycles. The van der Waals surface area contributed by atoms with E-state index in [4.69, 9.17) is 4.74 Å². The Labute approximate surface area is 159 Å². The Hall–Kier alpha value is -2.77. The molecule has 1 aliphatic rings. The first kappa shape index (κ1) is 19.0. The molecule has 2 aromatic rings. The third kappa shape index (κ3) is 5.87. The Morgan fingerprint density at radius 1 is 1.26 bits per heavy atom. The normalized spacial score (nSPS) is 17.4. The summed E-state index contributed by atoms with van der Waals surface area (Å²) in [6.07, 6.45) is 9.02. The predicted octanol–water partition coefficient (Wildman–Crippen LogP) is 3.20. The van der Waals surface area contributed by atoms with E-state index in [1.54, 1.807) is 29.8 Å². The van der Waals surface area contributed by atoms with Crippen LogP contribution in [0, 0.1) is 5.92 Å². The van der Waals surface area contributed by atoms with E-state index in [-0.39, 0.29) is 6.09 Å². The molecule has 2 aromatic heterocycles. The minimum absolute atomic E-state index is 0.236. The number of aromatic nitrogens is 4. The average Bonchev–Trinajstić information content (AvgIpc) is 2.62. The third-order valence-electron chi connectivity index (χ3n) is 4.21. The summed E-state index contributed by atoms with van der Waals surface area (Å²) in [6.45, 7) is 7.09. The Morgan fingerprint density at radius 2 is 2.11 bits per heavy atom. The average molecular weight is 370 g/mol. The molecule has 0 bridgehead atoms. The van der Waals surface area contributed by atoms with Crippen molar-refractivity contribution >= 4 is 17.7 Å². The number of piperidine rings is 1. The minimum Gasteiger partial charge on any atom is -0.444 e. The van der Waals surface area contributed by atoms with Gasteiger partial charge in [-0.05, 0) is 46.0 Å². The van der Waals surface area contributed by atoms with Gasteiger partial charge in [0.05, 0.1) is 6.20 Å². The van der Waals surface area contributed by atoms with Gasteiger partial charge >= 0.3 is 6.09 Å². The van der Waals surface area contributed by atoms with Crippen LogP contribution in [0.25, 0.3) is 0 Å². The van der Waals surface area contributed by atoms with E-state index in [1.807, 2.05) is 26.8 Å². The number of rotatable bonds is 4. The highest BCUT2D eigenvalue weighted by atomic mass is 16.6. The maximum Gasteiger partial charge on any atom is 0.410 e. The smallest absolute Gasteiger partial charge is 0.410 e. The molecule has 1 fully saturated rings. The summed E-state index contributed by atoms with van der Waals surface area (Å²) in [4.78, 5) is 31.0. The quantitative estimate of drug-likeness (QED) is 0.883. The van der Waals surface area contributed by atoms with Crippen LogP contribution in [0.3, 0.4) is 0 Å². The second-order valence-corrected chi connectivity index (χ2v) is 7.75. The van der Waals surface area contributed by atoms with Crippen molar-refractivity contribution in [3.63, 3.8) is 0 Å². The molecule has 3 rings (SSSR count). The highest BCUT2D eigenvalue weighted by Crippen LogP contribution is 2.23. The maximum absolute atomic E-state index is 12.3. The van der Waals surface area contributed by atoms with Gasteiger partial charge in [-0.3, -0.25) is 4.98 Å². The highest BCUT2D eigenvalue weighted by molar-refractivity contribution is 5.68. The van der Waals surface area contributed by atoms with Crippen molar-refractivity contribution in [1.29, 1.82) is 0 Å². The van der Waals surface area contributed by atoms with E-state index in [2.05, 4.69) is 25.3 Å². The van der Waals surface area contributed by atoms with Crippen LogP contribution in [0.15, 0.2) is 31.0 Å². The van der Waals surface area contributed by atoms with Crippen molar-refractivity contribution in [2.45, 2.75) is 45.6 Å². The summed E-state index contributed by atoms with van der Waals surface area (Å²) >= 11 is 0. The zero-order valence-corrected chi connectivity index (χ0v) is 16.1. The molecule has 1 saturated heterocycles. The lowest BCUT2D eigenvalue weighted by Gasteiger charge is -2.34. The van der Waals surface area contributed by atoms with E-state index in [9.17, 15) is 4.79 Å². The molecule has 0 radical (unpaired) electrons. The maximum atomic E-state index is 12.3. The number of hydrogen-bond donors (Lipinski definition) is 1. The van der Waals surface area contributed by atoms with Gasteiger partial charge in [0.25, 0.3) is 0 Å². The SMILES string of the molecule is CC(C)(C)OC(=O)N1CCCC(Cc2cc(Nc3cnccn3)ncn2)C1. The molecule has 144 valence electrons. The first-order valence-electron chi connectivity index (χ1n) is 9.21. The van der Waals surface area contributed by atoms with Gasteiger partial charge in [0.15, 0.2) is 0 Å². The van der Waals surface area contributed by atoms with Crippen molar-refractivity contribution in [2.75, 3.05) is 18.4 Å². The van der Waals surface area contributed by atoms with Crippen LogP contribution >= 0.6 is 0 Å². The van der Waals surface area contributed by atoms with E-state index >= 15 is 0 Å². The Morgan fingerprint density at radius 3 is 2.85 bits per heavy atom. The molecule has 8 heteroatoms. The van der Waals surface area contributed by atoms with Crippen LogP contribution in [-0.2, 0) is 11.2 Å². The van der Waals surface area contributed by atoms with Crippen molar-refractivity contribution in [3.05, 3.63) is 36.7 Å². The lowest BCUT2D eigenvalue weighted by atomic mass is 9.93. The van der Waals surface area contributed by atoms with Gasteiger partial charge in [-0.15, -0.1) is 0 Å². The molecular formula is C19H26N6O2. The molecule has 0 aliphatic carbocycles. The summed E-state index contributed by atoms with van der Waals surface area (Å²) in [6, 6.07) is 1.92. The van der Waals surface area contributed by atoms with Gasteiger partial charge in [-0.25, -0.2) is 19.7 Å². The number of nitrogens with one attached hydrogen (secondary N) is 1.